The monoisotopic (exact) mass is 233 g/mol. The summed E-state index contributed by atoms with van der Waals surface area (Å²) in [6.07, 6.45) is 0. The lowest BCUT2D eigenvalue weighted by molar-refractivity contribution is 0.658. The van der Waals surface area contributed by atoms with E-state index in [0.29, 0.717) is 23.8 Å². The Balaban J connectivity index is 2.22. The number of aromatic amines is 1. The van der Waals surface area contributed by atoms with Crippen LogP contribution in [0.4, 0.5) is 5.82 Å². The Hall–Kier alpha value is -0.723. The molecule has 0 saturated carbocycles. The smallest absolute Gasteiger partial charge is 0.322 e. The number of hydrogen-bond donors (Lipinski definition) is 1. The van der Waals surface area contributed by atoms with Crippen molar-refractivity contribution >= 4 is 29.6 Å². The van der Waals surface area contributed by atoms with Gasteiger partial charge >= 0.3 is 6.98 Å². The molecule has 1 aromatic rings. The molecule has 5 nitrogen and oxygen atoms in total. The minimum absolute atomic E-state index is 0.382. The topological polar surface area (TPSA) is 38.4 Å². The average Bonchev–Trinajstić information content (AvgIpc) is 2.67. The first-order chi connectivity index (χ1) is 7.50. The Morgan fingerprint density at radius 2 is 2.00 bits per heavy atom. The van der Waals surface area contributed by atoms with Gasteiger partial charge in [0.05, 0.1) is 0 Å². The van der Waals surface area contributed by atoms with Crippen LogP contribution in [0.15, 0.2) is 6.07 Å². The molecule has 1 aliphatic heterocycles. The van der Waals surface area contributed by atoms with Gasteiger partial charge in [0.25, 0.3) is 16.8 Å². The van der Waals surface area contributed by atoms with E-state index in [1.165, 1.54) is 0 Å². The molecule has 84 valence electrons. The highest BCUT2D eigenvalue weighted by Crippen LogP contribution is 2.18. The molecule has 0 bridgehead atoms. The summed E-state index contributed by atoms with van der Waals surface area (Å²) >= 11 is 0. The Kier molecular flexibility index (Phi) is 3.14. The molecule has 1 aromatic heterocycles. The number of aromatic nitrogens is 2. The van der Waals surface area contributed by atoms with Gasteiger partial charge in [-0.3, -0.25) is 5.10 Å². The molecule has 8 heteroatoms. The van der Waals surface area contributed by atoms with Gasteiger partial charge in [0.1, 0.15) is 5.82 Å². The molecule has 1 aliphatic rings. The number of nitrogens with zero attached hydrogens (tertiary/aromatic N) is 4. The fourth-order valence-corrected chi connectivity index (χ4v) is 3.13. The lowest BCUT2D eigenvalue weighted by atomic mass is 9.63. The summed E-state index contributed by atoms with van der Waals surface area (Å²) in [6, 6.07) is 2.10. The first-order valence-electron chi connectivity index (χ1n) is 5.53. The fourth-order valence-electron chi connectivity index (χ4n) is 1.87. The summed E-state index contributed by atoms with van der Waals surface area (Å²) in [7, 11) is 4.95. The molecular weight excluding hydrogens is 216 g/mol. The van der Waals surface area contributed by atoms with Crippen molar-refractivity contribution in [3.63, 3.8) is 0 Å². The van der Waals surface area contributed by atoms with Crippen LogP contribution in [0.25, 0.3) is 0 Å². The molecule has 1 saturated heterocycles. The minimum atomic E-state index is 0.382. The maximum Gasteiger partial charge on any atom is 0.322 e. The molecule has 0 amide bonds. The van der Waals surface area contributed by atoms with Crippen molar-refractivity contribution in [3.8, 4) is 0 Å². The molecule has 0 unspecified atom stereocenters. The summed E-state index contributed by atoms with van der Waals surface area (Å²) in [5, 5.41) is 7.34. The molecule has 1 fully saturated rings. The van der Waals surface area contributed by atoms with Crippen LogP contribution in [-0.2, 0) is 0 Å². The van der Waals surface area contributed by atoms with Gasteiger partial charge in [-0.15, -0.1) is 0 Å². The van der Waals surface area contributed by atoms with Crippen molar-refractivity contribution in [2.45, 2.75) is 20.6 Å². The first-order valence-corrected chi connectivity index (χ1v) is 6.42. The summed E-state index contributed by atoms with van der Waals surface area (Å²) in [5.41, 5.74) is 1.11. The van der Waals surface area contributed by atoms with Crippen LogP contribution in [0.2, 0.25) is 13.6 Å². The molecule has 16 heavy (non-hydrogen) atoms. The molecule has 2 radical (unpaired) electrons. The Morgan fingerprint density at radius 3 is 2.56 bits per heavy atom. The summed E-state index contributed by atoms with van der Waals surface area (Å²) in [5.74, 6) is 1.04. The van der Waals surface area contributed by atoms with E-state index < -0.39 is 0 Å². The molecule has 2 rings (SSSR count). The maximum atomic E-state index is 4.34. The number of aryl methyl sites for hydroxylation is 1. The van der Waals surface area contributed by atoms with Crippen molar-refractivity contribution in [2.75, 3.05) is 18.6 Å². The van der Waals surface area contributed by atoms with Gasteiger partial charge in [-0.05, 0) is 21.0 Å². The first kappa shape index (κ1) is 11.8. The van der Waals surface area contributed by atoms with E-state index in [2.05, 4.69) is 57.7 Å². The lowest BCUT2D eigenvalue weighted by Crippen LogP contribution is -2.69. The Bertz CT molecular complexity index is 373. The van der Waals surface area contributed by atoms with Crippen LogP contribution in [-0.4, -0.2) is 57.3 Å². The highest BCUT2D eigenvalue weighted by Gasteiger charge is 2.38. The SMILES string of the molecule is CB1N(C)[Si]N(c2cc(C)[nH]n2)B(C)N1C. The van der Waals surface area contributed by atoms with Crippen molar-refractivity contribution in [2.24, 2.45) is 0 Å². The van der Waals surface area contributed by atoms with Gasteiger partial charge in [0.2, 0.25) is 0 Å². The highest BCUT2D eigenvalue weighted by atomic mass is 28.2. The van der Waals surface area contributed by atoms with Gasteiger partial charge in [0.15, 0.2) is 0 Å². The quantitative estimate of drug-likeness (QED) is 0.702. The Labute approximate surface area is 100 Å². The van der Waals surface area contributed by atoms with Gasteiger partial charge in [-0.2, -0.15) is 5.10 Å². The second-order valence-electron chi connectivity index (χ2n) is 4.42. The Morgan fingerprint density at radius 1 is 1.31 bits per heavy atom. The van der Waals surface area contributed by atoms with Crippen LogP contribution in [0.3, 0.4) is 0 Å². The van der Waals surface area contributed by atoms with Gasteiger partial charge in [-0.1, -0.05) is 13.6 Å². The van der Waals surface area contributed by atoms with E-state index >= 15 is 0 Å². The van der Waals surface area contributed by atoms with Crippen molar-refractivity contribution in [3.05, 3.63) is 11.8 Å². The van der Waals surface area contributed by atoms with Gasteiger partial charge in [0, 0.05) is 11.8 Å². The zero-order valence-electron chi connectivity index (χ0n) is 10.5. The minimum Gasteiger partial charge on any atom is -0.401 e. The number of H-pyrrole nitrogens is 1. The molecule has 0 atom stereocenters. The summed E-state index contributed by atoms with van der Waals surface area (Å²) < 4.78 is 7.01. The second kappa shape index (κ2) is 4.27. The summed E-state index contributed by atoms with van der Waals surface area (Å²) in [4.78, 5) is 0. The normalized spacial score (nSPS) is 19.7. The van der Waals surface area contributed by atoms with E-state index in [4.69, 9.17) is 0 Å². The third-order valence-electron chi connectivity index (χ3n) is 3.32. The number of nitrogens with one attached hydrogen (secondary N) is 1. The third kappa shape index (κ3) is 1.92. The highest BCUT2D eigenvalue weighted by molar-refractivity contribution is 6.86. The lowest BCUT2D eigenvalue weighted by Gasteiger charge is -2.45. The molecule has 1 N–H and O–H groups in total. The van der Waals surface area contributed by atoms with Gasteiger partial charge in [-0.25, -0.2) is 0 Å². The molecular formula is C8H17B2N5Si. The maximum absolute atomic E-state index is 4.34. The average molecular weight is 233 g/mol. The van der Waals surface area contributed by atoms with Crippen LogP contribution in [0.5, 0.6) is 0 Å². The number of hydrogen-bond acceptors (Lipinski definition) is 4. The van der Waals surface area contributed by atoms with Gasteiger partial charge < -0.3 is 13.7 Å². The summed E-state index contributed by atoms with van der Waals surface area (Å²) in [6.45, 7) is 7.35. The second-order valence-corrected chi connectivity index (χ2v) is 5.81. The largest absolute Gasteiger partial charge is 0.401 e. The molecule has 0 spiro atoms. The molecule has 0 aromatic carbocycles. The van der Waals surface area contributed by atoms with E-state index in [9.17, 15) is 0 Å². The standard InChI is InChI=1S/C8H17B2N5Si/c1-7-6-8(12-11-7)15-10(3)13(4)9(2)14(5)16-15/h6H,1-5H3,(H,11,12). The van der Waals surface area contributed by atoms with Crippen LogP contribution in [0.1, 0.15) is 5.69 Å². The molecule has 0 aliphatic carbocycles. The van der Waals surface area contributed by atoms with Crippen LogP contribution in [0, 0.1) is 6.92 Å². The van der Waals surface area contributed by atoms with Crippen LogP contribution >= 0.6 is 0 Å². The van der Waals surface area contributed by atoms with E-state index in [1.807, 2.05) is 6.92 Å². The predicted octanol–water partition coefficient (Wildman–Crippen LogP) is 0.172. The molecule has 2 heterocycles. The van der Waals surface area contributed by atoms with Crippen LogP contribution < -0.4 is 4.48 Å². The van der Waals surface area contributed by atoms with E-state index in [-0.39, 0.29) is 0 Å². The number of anilines is 1. The number of rotatable bonds is 1. The third-order valence-corrected chi connectivity index (χ3v) is 4.83. The zero-order valence-corrected chi connectivity index (χ0v) is 11.5. The van der Waals surface area contributed by atoms with Crippen molar-refractivity contribution in [1.29, 1.82) is 0 Å². The fraction of sp³-hybridized carbons (Fsp3) is 0.625. The van der Waals surface area contributed by atoms with E-state index in [0.717, 1.165) is 11.5 Å². The van der Waals surface area contributed by atoms with E-state index in [1.54, 1.807) is 0 Å². The van der Waals surface area contributed by atoms with Crippen molar-refractivity contribution in [1.82, 2.24) is 19.4 Å². The van der Waals surface area contributed by atoms with Crippen molar-refractivity contribution < 1.29 is 0 Å². The predicted molar refractivity (Wildman–Crippen MR) is 70.3 cm³/mol. The zero-order chi connectivity index (χ0) is 11.9.